The van der Waals surface area contributed by atoms with Gasteiger partial charge < -0.3 is 10.0 Å². The zero-order valence-electron chi connectivity index (χ0n) is 9.68. The summed E-state index contributed by atoms with van der Waals surface area (Å²) < 4.78 is 0. The van der Waals surface area contributed by atoms with Crippen molar-refractivity contribution in [3.8, 4) is 5.75 Å². The van der Waals surface area contributed by atoms with Crippen molar-refractivity contribution in [2.75, 3.05) is 13.6 Å². The van der Waals surface area contributed by atoms with Crippen molar-refractivity contribution in [1.29, 1.82) is 0 Å². The first-order chi connectivity index (χ1) is 7.59. The fraction of sp³-hybridized carbons (Fsp3) is 0.462. The number of phenols is 1. The number of nitrogens with zero attached hydrogens (tertiary/aromatic N) is 1. The summed E-state index contributed by atoms with van der Waals surface area (Å²) in [6, 6.07) is 6.68. The number of benzene rings is 1. The molecule has 16 heavy (non-hydrogen) atoms. The van der Waals surface area contributed by atoms with Crippen molar-refractivity contribution < 1.29 is 9.90 Å². The Morgan fingerprint density at radius 3 is 2.69 bits per heavy atom. The van der Waals surface area contributed by atoms with Crippen LogP contribution in [0, 0.1) is 11.8 Å². The summed E-state index contributed by atoms with van der Waals surface area (Å²) in [4.78, 5) is 13.7. The van der Waals surface area contributed by atoms with Gasteiger partial charge in [0.05, 0.1) is 5.56 Å². The second-order valence-electron chi connectivity index (χ2n) is 4.68. The van der Waals surface area contributed by atoms with Crippen LogP contribution in [0.15, 0.2) is 24.3 Å². The number of para-hydroxylation sites is 1. The molecule has 1 aliphatic rings. The third-order valence-corrected chi connectivity index (χ3v) is 3.27. The molecule has 0 aromatic heterocycles. The molecule has 1 aromatic rings. The largest absolute Gasteiger partial charge is 0.507 e. The molecule has 3 nitrogen and oxygen atoms in total. The molecule has 2 atom stereocenters. The molecule has 1 N–H and O–H groups in total. The van der Waals surface area contributed by atoms with Crippen LogP contribution < -0.4 is 0 Å². The number of amides is 1. The lowest BCUT2D eigenvalue weighted by molar-refractivity contribution is 0.0784. The molecule has 0 heterocycles. The van der Waals surface area contributed by atoms with Crippen LogP contribution >= 0.6 is 0 Å². The van der Waals surface area contributed by atoms with Gasteiger partial charge in [0.25, 0.3) is 5.91 Å². The minimum atomic E-state index is -0.0998. The number of carbonyl (C=O) groups is 1. The van der Waals surface area contributed by atoms with Crippen LogP contribution in [0.25, 0.3) is 0 Å². The Bertz CT molecular complexity index is 403. The van der Waals surface area contributed by atoms with E-state index in [1.54, 1.807) is 36.2 Å². The van der Waals surface area contributed by atoms with Gasteiger partial charge in [0, 0.05) is 13.6 Å². The van der Waals surface area contributed by atoms with E-state index in [-0.39, 0.29) is 11.7 Å². The lowest BCUT2D eigenvalue weighted by Gasteiger charge is -2.17. The van der Waals surface area contributed by atoms with Crippen LogP contribution in [0.2, 0.25) is 0 Å². The average molecular weight is 219 g/mol. The molecule has 0 bridgehead atoms. The Labute approximate surface area is 95.7 Å². The predicted molar refractivity (Wildman–Crippen MR) is 62.3 cm³/mol. The van der Waals surface area contributed by atoms with Crippen molar-refractivity contribution in [3.63, 3.8) is 0 Å². The monoisotopic (exact) mass is 219 g/mol. The first-order valence-corrected chi connectivity index (χ1v) is 5.63. The molecular formula is C13H17NO2. The highest BCUT2D eigenvalue weighted by Crippen LogP contribution is 2.38. The van der Waals surface area contributed by atoms with Gasteiger partial charge in [0.2, 0.25) is 0 Å². The fourth-order valence-electron chi connectivity index (χ4n) is 1.95. The molecule has 2 rings (SSSR count). The number of phenolic OH excluding ortho intramolecular Hbond substituents is 1. The third-order valence-electron chi connectivity index (χ3n) is 3.27. The second kappa shape index (κ2) is 4.16. The molecule has 0 aliphatic heterocycles. The quantitative estimate of drug-likeness (QED) is 0.846. The Balaban J connectivity index is 2.04. The van der Waals surface area contributed by atoms with Gasteiger partial charge in [-0.15, -0.1) is 0 Å². The van der Waals surface area contributed by atoms with Crippen molar-refractivity contribution in [1.82, 2.24) is 4.90 Å². The van der Waals surface area contributed by atoms with E-state index < -0.39 is 0 Å². The first-order valence-electron chi connectivity index (χ1n) is 5.63. The molecule has 1 aliphatic carbocycles. The predicted octanol–water partition coefficient (Wildman–Crippen LogP) is 2.12. The lowest BCUT2D eigenvalue weighted by Crippen LogP contribution is -2.29. The van der Waals surface area contributed by atoms with Crippen LogP contribution in [-0.2, 0) is 0 Å². The van der Waals surface area contributed by atoms with Gasteiger partial charge in [-0.1, -0.05) is 19.1 Å². The molecule has 0 spiro atoms. The van der Waals surface area contributed by atoms with E-state index in [1.165, 1.54) is 6.42 Å². The van der Waals surface area contributed by atoms with E-state index in [0.717, 1.165) is 12.5 Å². The lowest BCUT2D eigenvalue weighted by atomic mass is 10.1. The molecule has 0 saturated heterocycles. The van der Waals surface area contributed by atoms with E-state index in [0.29, 0.717) is 11.5 Å². The van der Waals surface area contributed by atoms with Crippen LogP contribution in [-0.4, -0.2) is 29.5 Å². The van der Waals surface area contributed by atoms with Crippen molar-refractivity contribution in [2.45, 2.75) is 13.3 Å². The molecule has 1 aromatic carbocycles. The maximum Gasteiger partial charge on any atom is 0.257 e. The van der Waals surface area contributed by atoms with E-state index in [1.807, 2.05) is 0 Å². The minimum Gasteiger partial charge on any atom is -0.507 e. The fourth-order valence-corrected chi connectivity index (χ4v) is 1.95. The summed E-state index contributed by atoms with van der Waals surface area (Å²) in [5.41, 5.74) is 0.387. The maximum atomic E-state index is 12.0. The maximum absolute atomic E-state index is 12.0. The van der Waals surface area contributed by atoms with Gasteiger partial charge in [-0.2, -0.15) is 0 Å². The van der Waals surface area contributed by atoms with Gasteiger partial charge in [-0.3, -0.25) is 4.79 Å². The standard InChI is InChI=1S/C13H17NO2/c1-9-7-10(9)8-14(2)13(16)11-5-3-4-6-12(11)15/h3-6,9-10,15H,7-8H2,1-2H3. The number of aromatic hydroxyl groups is 1. The zero-order chi connectivity index (χ0) is 11.7. The Morgan fingerprint density at radius 1 is 1.50 bits per heavy atom. The average Bonchev–Trinajstić information content (AvgIpc) is 2.94. The SMILES string of the molecule is CC1CC1CN(C)C(=O)c1ccccc1O. The van der Waals surface area contributed by atoms with Crippen molar-refractivity contribution in [2.24, 2.45) is 11.8 Å². The summed E-state index contributed by atoms with van der Waals surface area (Å²) in [6.07, 6.45) is 1.21. The normalized spacial score (nSPS) is 22.9. The summed E-state index contributed by atoms with van der Waals surface area (Å²) in [6.45, 7) is 2.98. The molecule has 1 saturated carbocycles. The minimum absolute atomic E-state index is 0.0585. The summed E-state index contributed by atoms with van der Waals surface area (Å²) in [7, 11) is 1.79. The topological polar surface area (TPSA) is 40.5 Å². The van der Waals surface area contributed by atoms with E-state index in [9.17, 15) is 9.90 Å². The number of rotatable bonds is 3. The Morgan fingerprint density at radius 2 is 2.12 bits per heavy atom. The number of hydrogen-bond donors (Lipinski definition) is 1. The Kier molecular flexibility index (Phi) is 2.86. The van der Waals surface area contributed by atoms with Crippen LogP contribution in [0.4, 0.5) is 0 Å². The molecule has 2 unspecified atom stereocenters. The summed E-state index contributed by atoms with van der Waals surface area (Å²) >= 11 is 0. The van der Waals surface area contributed by atoms with Crippen molar-refractivity contribution >= 4 is 5.91 Å². The molecule has 0 radical (unpaired) electrons. The van der Waals surface area contributed by atoms with E-state index in [2.05, 4.69) is 6.92 Å². The molecule has 1 fully saturated rings. The smallest absolute Gasteiger partial charge is 0.257 e. The number of carbonyl (C=O) groups excluding carboxylic acids is 1. The summed E-state index contributed by atoms with van der Waals surface area (Å²) in [5, 5.41) is 9.58. The van der Waals surface area contributed by atoms with Crippen LogP contribution in [0.3, 0.4) is 0 Å². The Hall–Kier alpha value is -1.51. The van der Waals surface area contributed by atoms with E-state index >= 15 is 0 Å². The summed E-state index contributed by atoms with van der Waals surface area (Å²) in [5.74, 6) is 1.33. The highest BCUT2D eigenvalue weighted by Gasteiger charge is 2.34. The van der Waals surface area contributed by atoms with Gasteiger partial charge >= 0.3 is 0 Å². The van der Waals surface area contributed by atoms with Gasteiger partial charge in [0.1, 0.15) is 5.75 Å². The molecule has 1 amide bonds. The zero-order valence-corrected chi connectivity index (χ0v) is 9.68. The molecule has 3 heteroatoms. The van der Waals surface area contributed by atoms with Gasteiger partial charge in [0.15, 0.2) is 0 Å². The number of hydrogen-bond acceptors (Lipinski definition) is 2. The highest BCUT2D eigenvalue weighted by molar-refractivity contribution is 5.96. The van der Waals surface area contributed by atoms with Gasteiger partial charge in [-0.05, 0) is 30.4 Å². The molecular weight excluding hydrogens is 202 g/mol. The van der Waals surface area contributed by atoms with Crippen LogP contribution in [0.1, 0.15) is 23.7 Å². The highest BCUT2D eigenvalue weighted by atomic mass is 16.3. The van der Waals surface area contributed by atoms with Crippen LogP contribution in [0.5, 0.6) is 5.75 Å². The van der Waals surface area contributed by atoms with E-state index in [4.69, 9.17) is 0 Å². The third kappa shape index (κ3) is 2.18. The first kappa shape index (κ1) is 11.0. The van der Waals surface area contributed by atoms with Crippen molar-refractivity contribution in [3.05, 3.63) is 29.8 Å². The molecule has 86 valence electrons. The van der Waals surface area contributed by atoms with Gasteiger partial charge in [-0.25, -0.2) is 0 Å². The second-order valence-corrected chi connectivity index (χ2v) is 4.68.